The first-order valence-corrected chi connectivity index (χ1v) is 7.36. The monoisotopic (exact) mass is 357 g/mol. The molecule has 0 radical (unpaired) electrons. The minimum Gasteiger partial charge on any atom is -0.479 e. The molecule has 0 aliphatic heterocycles. The third-order valence-corrected chi connectivity index (χ3v) is 4.15. The third-order valence-electron chi connectivity index (χ3n) is 3.69. The molecule has 0 unspecified atom stereocenters. The minimum absolute atomic E-state index is 0.0991. The van der Waals surface area contributed by atoms with E-state index in [2.05, 4.69) is 20.7 Å². The zero-order valence-corrected chi connectivity index (χ0v) is 13.4. The van der Waals surface area contributed by atoms with Gasteiger partial charge in [0.2, 0.25) is 5.75 Å². The van der Waals surface area contributed by atoms with Crippen LogP contribution in [0.25, 0.3) is 0 Å². The average molecular weight is 358 g/mol. The Morgan fingerprint density at radius 3 is 2.62 bits per heavy atom. The predicted molar refractivity (Wildman–Crippen MR) is 79.4 cm³/mol. The third kappa shape index (κ3) is 3.34. The summed E-state index contributed by atoms with van der Waals surface area (Å²) in [6, 6.07) is 3.17. The Bertz CT molecular complexity index is 583. The van der Waals surface area contributed by atoms with Gasteiger partial charge in [0.05, 0.1) is 18.5 Å². The van der Waals surface area contributed by atoms with E-state index in [1.165, 1.54) is 13.2 Å². The number of aryl methyl sites for hydroxylation is 1. The van der Waals surface area contributed by atoms with Crippen LogP contribution in [-0.4, -0.2) is 23.6 Å². The second kappa shape index (κ2) is 6.01. The first kappa shape index (κ1) is 15.8. The molecular formula is C14H16BrNO5. The van der Waals surface area contributed by atoms with Crippen molar-refractivity contribution in [2.24, 2.45) is 0 Å². The maximum atomic E-state index is 11.5. The van der Waals surface area contributed by atoms with Crippen molar-refractivity contribution in [3.05, 3.63) is 32.3 Å². The number of nitro benzene ring substituents is 1. The molecule has 0 heterocycles. The molecule has 1 aliphatic rings. The molecule has 1 aromatic carbocycles. The lowest BCUT2D eigenvalue weighted by atomic mass is 9.77. The molecule has 0 bridgehead atoms. The smallest absolute Gasteiger partial charge is 0.312 e. The SMILES string of the molecule is COC(=O)CC1(Oc2c(C)cc(Br)cc2[N+](=O)[O-])CCC1. The number of hydrogen-bond acceptors (Lipinski definition) is 5. The van der Waals surface area contributed by atoms with Gasteiger partial charge >= 0.3 is 11.7 Å². The van der Waals surface area contributed by atoms with Gasteiger partial charge in [-0.1, -0.05) is 15.9 Å². The van der Waals surface area contributed by atoms with Gasteiger partial charge in [0.25, 0.3) is 0 Å². The average Bonchev–Trinajstić information content (AvgIpc) is 2.37. The van der Waals surface area contributed by atoms with Gasteiger partial charge in [-0.2, -0.15) is 0 Å². The quantitative estimate of drug-likeness (QED) is 0.457. The van der Waals surface area contributed by atoms with Gasteiger partial charge in [0.1, 0.15) is 5.60 Å². The van der Waals surface area contributed by atoms with Crippen LogP contribution in [-0.2, 0) is 9.53 Å². The first-order chi connectivity index (χ1) is 9.87. The summed E-state index contributed by atoms with van der Waals surface area (Å²) in [6.45, 7) is 1.75. The van der Waals surface area contributed by atoms with Crippen molar-refractivity contribution < 1.29 is 19.2 Å². The fraction of sp³-hybridized carbons (Fsp3) is 0.500. The van der Waals surface area contributed by atoms with Crippen LogP contribution in [0.2, 0.25) is 0 Å². The number of halogens is 1. The number of esters is 1. The highest BCUT2D eigenvalue weighted by Crippen LogP contribution is 2.44. The van der Waals surface area contributed by atoms with Crippen molar-refractivity contribution in [3.63, 3.8) is 0 Å². The molecular weight excluding hydrogens is 342 g/mol. The summed E-state index contributed by atoms with van der Waals surface area (Å²) < 4.78 is 11.2. The Morgan fingerprint density at radius 2 is 2.14 bits per heavy atom. The summed E-state index contributed by atoms with van der Waals surface area (Å²) in [5.74, 6) is -0.140. The Hall–Kier alpha value is -1.63. The molecule has 1 fully saturated rings. The van der Waals surface area contributed by atoms with E-state index in [1.54, 1.807) is 13.0 Å². The van der Waals surface area contributed by atoms with Gasteiger partial charge in [-0.3, -0.25) is 14.9 Å². The molecule has 21 heavy (non-hydrogen) atoms. The van der Waals surface area contributed by atoms with Crippen LogP contribution < -0.4 is 4.74 Å². The molecule has 0 aromatic heterocycles. The lowest BCUT2D eigenvalue weighted by Crippen LogP contribution is -2.45. The fourth-order valence-electron chi connectivity index (χ4n) is 2.42. The van der Waals surface area contributed by atoms with Crippen LogP contribution in [0.5, 0.6) is 5.75 Å². The molecule has 0 atom stereocenters. The number of carbonyl (C=O) groups is 1. The summed E-state index contributed by atoms with van der Waals surface area (Å²) in [7, 11) is 1.32. The van der Waals surface area contributed by atoms with E-state index >= 15 is 0 Å². The Balaban J connectivity index is 2.33. The largest absolute Gasteiger partial charge is 0.479 e. The molecule has 114 valence electrons. The van der Waals surface area contributed by atoms with Crippen molar-refractivity contribution in [2.75, 3.05) is 7.11 Å². The number of ether oxygens (including phenoxy) is 2. The molecule has 0 amide bonds. The van der Waals surface area contributed by atoms with Gasteiger partial charge in [-0.15, -0.1) is 0 Å². The molecule has 1 saturated carbocycles. The summed E-state index contributed by atoms with van der Waals surface area (Å²) >= 11 is 3.24. The number of nitrogens with zero attached hydrogens (tertiary/aromatic N) is 1. The Labute approximate surface area is 130 Å². The number of nitro groups is 1. The van der Waals surface area contributed by atoms with Crippen LogP contribution >= 0.6 is 15.9 Å². The molecule has 0 N–H and O–H groups in total. The summed E-state index contributed by atoms with van der Waals surface area (Å²) in [4.78, 5) is 22.3. The Kier molecular flexibility index (Phi) is 4.51. The van der Waals surface area contributed by atoms with Crippen LogP contribution in [0, 0.1) is 17.0 Å². The van der Waals surface area contributed by atoms with Gasteiger partial charge in [0.15, 0.2) is 0 Å². The molecule has 0 saturated heterocycles. The van der Waals surface area contributed by atoms with E-state index in [9.17, 15) is 14.9 Å². The number of benzene rings is 1. The zero-order valence-electron chi connectivity index (χ0n) is 11.8. The van der Waals surface area contributed by atoms with Crippen molar-refractivity contribution in [1.82, 2.24) is 0 Å². The lowest BCUT2D eigenvalue weighted by molar-refractivity contribution is -0.386. The molecule has 0 spiro atoms. The highest BCUT2D eigenvalue weighted by molar-refractivity contribution is 9.10. The minimum atomic E-state index is -0.684. The molecule has 2 rings (SSSR count). The summed E-state index contributed by atoms with van der Waals surface area (Å²) in [6.07, 6.45) is 2.42. The van der Waals surface area contributed by atoms with Crippen LogP contribution in [0.4, 0.5) is 5.69 Å². The van der Waals surface area contributed by atoms with Crippen molar-refractivity contribution in [1.29, 1.82) is 0 Å². The number of rotatable bonds is 5. The number of carbonyl (C=O) groups excluding carboxylic acids is 1. The second-order valence-electron chi connectivity index (χ2n) is 5.22. The van der Waals surface area contributed by atoms with Gasteiger partial charge < -0.3 is 9.47 Å². The standard InChI is InChI=1S/C14H16BrNO5/c1-9-6-10(15)7-11(16(18)19)13(9)21-14(4-3-5-14)8-12(17)20-2/h6-7H,3-5,8H2,1-2H3. The molecule has 1 aliphatic carbocycles. The predicted octanol–water partition coefficient (Wildman–Crippen LogP) is 3.53. The van der Waals surface area contributed by atoms with E-state index in [1.807, 2.05) is 0 Å². The van der Waals surface area contributed by atoms with E-state index < -0.39 is 10.5 Å². The van der Waals surface area contributed by atoms with Crippen molar-refractivity contribution in [3.8, 4) is 5.75 Å². The normalized spacial score (nSPS) is 16.0. The van der Waals surface area contributed by atoms with Crippen LogP contribution in [0.15, 0.2) is 16.6 Å². The van der Waals surface area contributed by atoms with Crippen molar-refractivity contribution >= 4 is 27.6 Å². The van der Waals surface area contributed by atoms with Crippen LogP contribution in [0.3, 0.4) is 0 Å². The fourth-order valence-corrected chi connectivity index (χ4v) is 2.98. The lowest BCUT2D eigenvalue weighted by Gasteiger charge is -2.41. The van der Waals surface area contributed by atoms with Crippen molar-refractivity contribution in [2.45, 2.75) is 38.2 Å². The summed E-state index contributed by atoms with van der Waals surface area (Å²) in [5.41, 5.74) is -0.124. The van der Waals surface area contributed by atoms with Gasteiger partial charge in [-0.25, -0.2) is 0 Å². The highest BCUT2D eigenvalue weighted by Gasteiger charge is 2.43. The van der Waals surface area contributed by atoms with Gasteiger partial charge in [-0.05, 0) is 37.8 Å². The maximum Gasteiger partial charge on any atom is 0.312 e. The molecule has 1 aromatic rings. The Morgan fingerprint density at radius 1 is 1.48 bits per heavy atom. The molecule has 6 nitrogen and oxygen atoms in total. The van der Waals surface area contributed by atoms with E-state index in [0.717, 1.165) is 6.42 Å². The van der Waals surface area contributed by atoms with E-state index in [4.69, 9.17) is 4.74 Å². The number of hydrogen-bond donors (Lipinski definition) is 0. The molecule has 7 heteroatoms. The van der Waals surface area contributed by atoms with Crippen LogP contribution in [0.1, 0.15) is 31.2 Å². The summed E-state index contributed by atoms with van der Waals surface area (Å²) in [5, 5.41) is 11.2. The van der Waals surface area contributed by atoms with E-state index in [0.29, 0.717) is 22.9 Å². The highest BCUT2D eigenvalue weighted by atomic mass is 79.9. The van der Waals surface area contributed by atoms with Gasteiger partial charge in [0, 0.05) is 10.5 Å². The maximum absolute atomic E-state index is 11.5. The number of methoxy groups -OCH3 is 1. The zero-order chi connectivity index (χ0) is 15.6. The first-order valence-electron chi connectivity index (χ1n) is 6.57. The topological polar surface area (TPSA) is 78.7 Å². The van der Waals surface area contributed by atoms with E-state index in [-0.39, 0.29) is 23.8 Å². The second-order valence-corrected chi connectivity index (χ2v) is 6.14.